The van der Waals surface area contributed by atoms with Crippen molar-refractivity contribution in [1.29, 1.82) is 0 Å². The van der Waals surface area contributed by atoms with Crippen molar-refractivity contribution in [2.45, 2.75) is 31.7 Å². The van der Waals surface area contributed by atoms with E-state index in [0.717, 1.165) is 51.9 Å². The molecule has 2 saturated heterocycles. The summed E-state index contributed by atoms with van der Waals surface area (Å²) >= 11 is 0. The van der Waals surface area contributed by atoms with Crippen LogP contribution >= 0.6 is 0 Å². The normalized spacial score (nSPS) is 29.6. The Bertz CT molecular complexity index is 348. The molecule has 5 nitrogen and oxygen atoms in total. The summed E-state index contributed by atoms with van der Waals surface area (Å²) in [5, 5.41) is 3.26. The third-order valence-electron chi connectivity index (χ3n) is 4.20. The summed E-state index contributed by atoms with van der Waals surface area (Å²) in [6.45, 7) is 3.53. The molecule has 1 atom stereocenters. The Balaban J connectivity index is 1.56. The van der Waals surface area contributed by atoms with Gasteiger partial charge < -0.3 is 15.1 Å². The van der Waals surface area contributed by atoms with E-state index >= 15 is 0 Å². The molecule has 0 aromatic rings. The van der Waals surface area contributed by atoms with Crippen molar-refractivity contribution < 1.29 is 9.59 Å². The molecule has 18 heavy (non-hydrogen) atoms. The third kappa shape index (κ3) is 2.36. The minimum Gasteiger partial charge on any atom is -0.336 e. The molecule has 0 aromatic carbocycles. The molecule has 5 heteroatoms. The molecule has 3 rings (SSSR count). The molecule has 2 aliphatic heterocycles. The standard InChI is InChI=1S/C13H21N3O2/c17-12-9-15(6-7-16(12)11-3-4-11)13(18)10-2-1-5-14-8-10/h10-11,14H,1-9H2. The highest BCUT2D eigenvalue weighted by Gasteiger charge is 2.38. The summed E-state index contributed by atoms with van der Waals surface area (Å²) < 4.78 is 0. The number of rotatable bonds is 2. The van der Waals surface area contributed by atoms with Gasteiger partial charge >= 0.3 is 0 Å². The Kier molecular flexibility index (Phi) is 3.24. The molecule has 3 aliphatic rings. The van der Waals surface area contributed by atoms with Crippen LogP contribution in [0.15, 0.2) is 0 Å². The summed E-state index contributed by atoms with van der Waals surface area (Å²) in [4.78, 5) is 28.0. The quantitative estimate of drug-likeness (QED) is 0.740. The average molecular weight is 251 g/mol. The van der Waals surface area contributed by atoms with Crippen LogP contribution < -0.4 is 5.32 Å². The highest BCUT2D eigenvalue weighted by Crippen LogP contribution is 2.28. The van der Waals surface area contributed by atoms with Gasteiger partial charge in [-0.15, -0.1) is 0 Å². The smallest absolute Gasteiger partial charge is 0.242 e. The van der Waals surface area contributed by atoms with Gasteiger partial charge in [0.2, 0.25) is 11.8 Å². The summed E-state index contributed by atoms with van der Waals surface area (Å²) in [6.07, 6.45) is 4.31. The first-order valence-corrected chi connectivity index (χ1v) is 7.04. The molecule has 0 radical (unpaired) electrons. The Labute approximate surface area is 107 Å². The highest BCUT2D eigenvalue weighted by molar-refractivity contribution is 5.87. The van der Waals surface area contributed by atoms with Crippen LogP contribution in [0, 0.1) is 5.92 Å². The monoisotopic (exact) mass is 251 g/mol. The maximum Gasteiger partial charge on any atom is 0.242 e. The fourth-order valence-corrected chi connectivity index (χ4v) is 2.97. The van der Waals surface area contributed by atoms with Gasteiger partial charge in [-0.1, -0.05) is 0 Å². The van der Waals surface area contributed by atoms with Crippen LogP contribution in [0.5, 0.6) is 0 Å². The van der Waals surface area contributed by atoms with Gasteiger partial charge in [0.15, 0.2) is 0 Å². The number of hydrogen-bond acceptors (Lipinski definition) is 3. The van der Waals surface area contributed by atoms with E-state index in [4.69, 9.17) is 0 Å². The van der Waals surface area contributed by atoms with Crippen LogP contribution in [0.1, 0.15) is 25.7 Å². The third-order valence-corrected chi connectivity index (χ3v) is 4.20. The zero-order chi connectivity index (χ0) is 12.5. The van der Waals surface area contributed by atoms with Gasteiger partial charge in [0, 0.05) is 25.7 Å². The highest BCUT2D eigenvalue weighted by atomic mass is 16.2. The molecule has 2 heterocycles. The number of carbonyl (C=O) groups excluding carboxylic acids is 2. The lowest BCUT2D eigenvalue weighted by Gasteiger charge is -2.36. The number of amides is 2. The van der Waals surface area contributed by atoms with Gasteiger partial charge in [0.1, 0.15) is 0 Å². The number of nitrogens with zero attached hydrogens (tertiary/aromatic N) is 2. The minimum atomic E-state index is 0.0824. The van der Waals surface area contributed by atoms with Gasteiger partial charge in [0.05, 0.1) is 12.5 Å². The Morgan fingerprint density at radius 1 is 1.22 bits per heavy atom. The number of carbonyl (C=O) groups is 2. The number of nitrogens with one attached hydrogen (secondary N) is 1. The topological polar surface area (TPSA) is 52.7 Å². The molecule has 2 amide bonds. The van der Waals surface area contributed by atoms with Crippen LogP contribution in [0.25, 0.3) is 0 Å². The van der Waals surface area contributed by atoms with Crippen LogP contribution in [0.4, 0.5) is 0 Å². The molecule has 1 aliphatic carbocycles. The molecule has 0 aromatic heterocycles. The molecule has 0 bridgehead atoms. The molecule has 1 N–H and O–H groups in total. The van der Waals surface area contributed by atoms with Crippen molar-refractivity contribution in [3.8, 4) is 0 Å². The fourth-order valence-electron chi connectivity index (χ4n) is 2.97. The van der Waals surface area contributed by atoms with E-state index in [-0.39, 0.29) is 17.7 Å². The van der Waals surface area contributed by atoms with Crippen molar-refractivity contribution in [3.63, 3.8) is 0 Å². The first-order valence-electron chi connectivity index (χ1n) is 7.04. The van der Waals surface area contributed by atoms with E-state index in [0.29, 0.717) is 12.6 Å². The molecule has 0 spiro atoms. The Hall–Kier alpha value is -1.10. The van der Waals surface area contributed by atoms with Crippen LogP contribution in [-0.4, -0.2) is 60.4 Å². The maximum atomic E-state index is 12.3. The first-order chi connectivity index (χ1) is 8.75. The number of piperazine rings is 1. The molecule has 1 unspecified atom stereocenters. The lowest BCUT2D eigenvalue weighted by molar-refractivity contribution is -0.148. The van der Waals surface area contributed by atoms with Crippen molar-refractivity contribution in [2.75, 3.05) is 32.7 Å². The molecule has 100 valence electrons. The van der Waals surface area contributed by atoms with E-state index in [9.17, 15) is 9.59 Å². The summed E-state index contributed by atoms with van der Waals surface area (Å²) in [5.41, 5.74) is 0. The lowest BCUT2D eigenvalue weighted by Crippen LogP contribution is -2.55. The SMILES string of the molecule is O=C(C1CCCNC1)N1CCN(C2CC2)C(=O)C1. The van der Waals surface area contributed by atoms with Crippen molar-refractivity contribution in [3.05, 3.63) is 0 Å². The summed E-state index contributed by atoms with van der Waals surface area (Å²) in [6, 6.07) is 0.478. The molecular weight excluding hydrogens is 230 g/mol. The largest absolute Gasteiger partial charge is 0.336 e. The summed E-state index contributed by atoms with van der Waals surface area (Å²) in [7, 11) is 0. The van der Waals surface area contributed by atoms with E-state index in [1.165, 1.54) is 0 Å². The second-order valence-corrected chi connectivity index (χ2v) is 5.62. The zero-order valence-corrected chi connectivity index (χ0v) is 10.7. The second-order valence-electron chi connectivity index (χ2n) is 5.62. The van der Waals surface area contributed by atoms with Gasteiger partial charge in [0.25, 0.3) is 0 Å². The zero-order valence-electron chi connectivity index (χ0n) is 10.7. The van der Waals surface area contributed by atoms with Gasteiger partial charge in [-0.05, 0) is 32.2 Å². The Morgan fingerprint density at radius 3 is 2.67 bits per heavy atom. The molecule has 1 saturated carbocycles. The molecular formula is C13H21N3O2. The van der Waals surface area contributed by atoms with Gasteiger partial charge in [-0.25, -0.2) is 0 Å². The van der Waals surface area contributed by atoms with Crippen LogP contribution in [0.2, 0.25) is 0 Å². The Morgan fingerprint density at radius 2 is 2.06 bits per heavy atom. The maximum absolute atomic E-state index is 12.3. The minimum absolute atomic E-state index is 0.0824. The first kappa shape index (κ1) is 12.0. The van der Waals surface area contributed by atoms with Crippen molar-refractivity contribution in [1.82, 2.24) is 15.1 Å². The van der Waals surface area contributed by atoms with E-state index in [2.05, 4.69) is 5.32 Å². The fraction of sp³-hybridized carbons (Fsp3) is 0.846. The van der Waals surface area contributed by atoms with Crippen molar-refractivity contribution >= 4 is 11.8 Å². The van der Waals surface area contributed by atoms with E-state index in [1.54, 1.807) is 4.90 Å². The van der Waals surface area contributed by atoms with E-state index in [1.807, 2.05) is 4.90 Å². The van der Waals surface area contributed by atoms with E-state index < -0.39 is 0 Å². The van der Waals surface area contributed by atoms with Crippen LogP contribution in [0.3, 0.4) is 0 Å². The number of piperidine rings is 1. The molecule has 3 fully saturated rings. The summed E-state index contributed by atoms with van der Waals surface area (Å²) in [5.74, 6) is 0.394. The van der Waals surface area contributed by atoms with Crippen LogP contribution in [-0.2, 0) is 9.59 Å². The predicted octanol–water partition coefficient (Wildman–Crippen LogP) is -0.181. The van der Waals surface area contributed by atoms with Crippen molar-refractivity contribution in [2.24, 2.45) is 5.92 Å². The van der Waals surface area contributed by atoms with Gasteiger partial charge in [-0.3, -0.25) is 9.59 Å². The van der Waals surface area contributed by atoms with Gasteiger partial charge in [-0.2, -0.15) is 0 Å². The predicted molar refractivity (Wildman–Crippen MR) is 66.9 cm³/mol. The lowest BCUT2D eigenvalue weighted by atomic mass is 9.98. The number of hydrogen-bond donors (Lipinski definition) is 1. The second kappa shape index (κ2) is 4.88. The average Bonchev–Trinajstić information content (AvgIpc) is 3.23.